The Hall–Kier alpha value is -2.76. The Labute approximate surface area is 139 Å². The van der Waals surface area contributed by atoms with Gasteiger partial charge < -0.3 is 9.32 Å². The smallest absolute Gasteiger partial charge is 0.246 e. The summed E-state index contributed by atoms with van der Waals surface area (Å²) in [7, 11) is 0. The van der Waals surface area contributed by atoms with Crippen LogP contribution < -0.4 is 4.90 Å². The van der Waals surface area contributed by atoms with Gasteiger partial charge in [0.25, 0.3) is 0 Å². The highest BCUT2D eigenvalue weighted by Crippen LogP contribution is 2.30. The average Bonchev–Trinajstić information content (AvgIpc) is 3.24. The number of aryl methyl sites for hydroxylation is 1. The summed E-state index contributed by atoms with van der Waals surface area (Å²) in [5.74, 6) is 2.18. The number of hydrogen-bond donors (Lipinski definition) is 0. The van der Waals surface area contributed by atoms with E-state index in [-0.39, 0.29) is 11.7 Å². The third-order valence-corrected chi connectivity index (χ3v) is 4.33. The van der Waals surface area contributed by atoms with Crippen molar-refractivity contribution in [1.82, 2.24) is 15.2 Å². The van der Waals surface area contributed by atoms with Crippen molar-refractivity contribution < 1.29 is 8.81 Å². The lowest BCUT2D eigenvalue weighted by Gasteiger charge is -2.16. The molecule has 1 fully saturated rings. The summed E-state index contributed by atoms with van der Waals surface area (Å²) in [6.45, 7) is 3.47. The van der Waals surface area contributed by atoms with Crippen LogP contribution in [0.5, 0.6) is 0 Å². The molecule has 0 radical (unpaired) electrons. The number of nitrogens with zero attached hydrogens (tertiary/aromatic N) is 4. The van der Waals surface area contributed by atoms with Gasteiger partial charge >= 0.3 is 0 Å². The van der Waals surface area contributed by atoms with Crippen molar-refractivity contribution in [2.75, 3.05) is 18.0 Å². The second kappa shape index (κ2) is 6.03. The summed E-state index contributed by atoms with van der Waals surface area (Å²) in [6.07, 6.45) is 2.54. The fourth-order valence-corrected chi connectivity index (χ4v) is 3.09. The zero-order valence-corrected chi connectivity index (χ0v) is 13.3. The lowest BCUT2D eigenvalue weighted by Crippen LogP contribution is -2.22. The molecule has 0 N–H and O–H groups in total. The van der Waals surface area contributed by atoms with Crippen molar-refractivity contribution >= 4 is 5.95 Å². The third-order valence-electron chi connectivity index (χ3n) is 4.33. The van der Waals surface area contributed by atoms with Crippen LogP contribution in [0, 0.1) is 12.7 Å². The molecule has 2 aromatic heterocycles. The number of rotatable bonds is 3. The Bertz CT molecular complexity index is 863. The molecule has 3 heterocycles. The van der Waals surface area contributed by atoms with Crippen LogP contribution in [0.3, 0.4) is 0 Å². The molecule has 0 aliphatic carbocycles. The first kappa shape index (κ1) is 14.8. The van der Waals surface area contributed by atoms with E-state index in [1.165, 1.54) is 6.07 Å². The highest BCUT2D eigenvalue weighted by Gasteiger charge is 2.26. The molecule has 122 valence electrons. The molecule has 1 atom stereocenters. The minimum atomic E-state index is -0.195. The molecule has 3 aromatic rings. The Kier molecular flexibility index (Phi) is 3.72. The van der Waals surface area contributed by atoms with E-state index >= 15 is 0 Å². The third kappa shape index (κ3) is 2.87. The molecule has 1 aliphatic rings. The second-order valence-corrected chi connectivity index (χ2v) is 6.04. The fraction of sp³-hybridized carbons (Fsp3) is 0.278. The monoisotopic (exact) mass is 324 g/mol. The van der Waals surface area contributed by atoms with Gasteiger partial charge in [-0.25, -0.2) is 9.37 Å². The molecule has 1 aliphatic heterocycles. The van der Waals surface area contributed by atoms with Gasteiger partial charge in [0.1, 0.15) is 17.3 Å². The average molecular weight is 324 g/mol. The first-order valence-electron chi connectivity index (χ1n) is 7.96. The molecule has 0 saturated carbocycles. The van der Waals surface area contributed by atoms with Crippen LogP contribution in [0.15, 0.2) is 47.0 Å². The van der Waals surface area contributed by atoms with E-state index in [0.29, 0.717) is 17.4 Å². The Morgan fingerprint density at radius 1 is 1.25 bits per heavy atom. The summed E-state index contributed by atoms with van der Waals surface area (Å²) >= 11 is 0. The van der Waals surface area contributed by atoms with Gasteiger partial charge in [0.2, 0.25) is 5.95 Å². The number of anilines is 1. The SMILES string of the molecule is Cc1ccc(-c2cnnc(N3CCC(c4cccc(F)c4)C3)n2)o1. The highest BCUT2D eigenvalue weighted by atomic mass is 19.1. The minimum Gasteiger partial charge on any atom is -0.460 e. The van der Waals surface area contributed by atoms with Crippen LogP contribution >= 0.6 is 0 Å². The Morgan fingerprint density at radius 2 is 2.17 bits per heavy atom. The van der Waals surface area contributed by atoms with Gasteiger partial charge in [-0.1, -0.05) is 12.1 Å². The summed E-state index contributed by atoms with van der Waals surface area (Å²) in [5, 5.41) is 8.20. The van der Waals surface area contributed by atoms with Gasteiger partial charge in [-0.05, 0) is 43.2 Å². The molecule has 1 saturated heterocycles. The summed E-state index contributed by atoms with van der Waals surface area (Å²) in [4.78, 5) is 6.65. The summed E-state index contributed by atoms with van der Waals surface area (Å²) in [6, 6.07) is 10.6. The van der Waals surface area contributed by atoms with Crippen LogP contribution in [0.1, 0.15) is 23.7 Å². The maximum Gasteiger partial charge on any atom is 0.246 e. The zero-order chi connectivity index (χ0) is 16.5. The largest absolute Gasteiger partial charge is 0.460 e. The number of aromatic nitrogens is 3. The fourth-order valence-electron chi connectivity index (χ4n) is 3.09. The Balaban J connectivity index is 1.55. The van der Waals surface area contributed by atoms with Crippen LogP contribution in [0.25, 0.3) is 11.5 Å². The number of hydrogen-bond acceptors (Lipinski definition) is 5. The molecule has 0 spiro atoms. The summed E-state index contributed by atoms with van der Waals surface area (Å²) < 4.78 is 19.0. The number of benzene rings is 1. The molecule has 1 unspecified atom stereocenters. The van der Waals surface area contributed by atoms with Gasteiger partial charge in [-0.15, -0.1) is 5.10 Å². The lowest BCUT2D eigenvalue weighted by molar-refractivity contribution is 0.545. The first-order valence-corrected chi connectivity index (χ1v) is 7.96. The predicted molar refractivity (Wildman–Crippen MR) is 88.2 cm³/mol. The van der Waals surface area contributed by atoms with Gasteiger partial charge in [0, 0.05) is 19.0 Å². The van der Waals surface area contributed by atoms with E-state index in [1.807, 2.05) is 25.1 Å². The molecular weight excluding hydrogens is 307 g/mol. The number of furan rings is 1. The zero-order valence-electron chi connectivity index (χ0n) is 13.3. The van der Waals surface area contributed by atoms with Crippen LogP contribution in [0.2, 0.25) is 0 Å². The first-order chi connectivity index (χ1) is 11.7. The van der Waals surface area contributed by atoms with E-state index in [2.05, 4.69) is 20.1 Å². The van der Waals surface area contributed by atoms with Crippen LogP contribution in [-0.2, 0) is 0 Å². The van der Waals surface area contributed by atoms with Crippen molar-refractivity contribution in [1.29, 1.82) is 0 Å². The van der Waals surface area contributed by atoms with Crippen LogP contribution in [-0.4, -0.2) is 28.3 Å². The van der Waals surface area contributed by atoms with Crippen molar-refractivity contribution in [3.63, 3.8) is 0 Å². The number of halogens is 1. The molecule has 1 aromatic carbocycles. The maximum atomic E-state index is 13.4. The quantitative estimate of drug-likeness (QED) is 0.737. The lowest BCUT2D eigenvalue weighted by atomic mass is 9.98. The van der Waals surface area contributed by atoms with Crippen molar-refractivity contribution in [3.05, 3.63) is 59.7 Å². The topological polar surface area (TPSA) is 55.1 Å². The van der Waals surface area contributed by atoms with Gasteiger partial charge in [0.15, 0.2) is 5.76 Å². The molecule has 4 rings (SSSR count). The molecule has 0 bridgehead atoms. The normalized spacial score (nSPS) is 17.4. The molecule has 24 heavy (non-hydrogen) atoms. The van der Waals surface area contributed by atoms with E-state index < -0.39 is 0 Å². The molecule has 6 heteroatoms. The van der Waals surface area contributed by atoms with Gasteiger partial charge in [-0.3, -0.25) is 0 Å². The predicted octanol–water partition coefficient (Wildman–Crippen LogP) is 3.57. The van der Waals surface area contributed by atoms with E-state index in [1.54, 1.807) is 18.3 Å². The van der Waals surface area contributed by atoms with Gasteiger partial charge in [-0.2, -0.15) is 5.10 Å². The standard InChI is InChI=1S/C18H17FN4O/c1-12-5-6-17(24-12)16-10-20-22-18(21-16)23-8-7-14(11-23)13-3-2-4-15(19)9-13/h2-6,9-10,14H,7-8,11H2,1H3. The van der Waals surface area contributed by atoms with Crippen molar-refractivity contribution in [2.24, 2.45) is 0 Å². The van der Waals surface area contributed by atoms with E-state index in [9.17, 15) is 4.39 Å². The molecule has 0 amide bonds. The second-order valence-electron chi connectivity index (χ2n) is 6.04. The maximum absolute atomic E-state index is 13.4. The highest BCUT2D eigenvalue weighted by molar-refractivity contribution is 5.53. The molecule has 5 nitrogen and oxygen atoms in total. The van der Waals surface area contributed by atoms with E-state index in [0.717, 1.165) is 30.8 Å². The Morgan fingerprint density at radius 3 is 2.96 bits per heavy atom. The van der Waals surface area contributed by atoms with Gasteiger partial charge in [0.05, 0.1) is 6.20 Å². The van der Waals surface area contributed by atoms with Crippen molar-refractivity contribution in [3.8, 4) is 11.5 Å². The van der Waals surface area contributed by atoms with Crippen molar-refractivity contribution in [2.45, 2.75) is 19.3 Å². The summed E-state index contributed by atoms with van der Waals surface area (Å²) in [5.41, 5.74) is 1.69. The van der Waals surface area contributed by atoms with E-state index in [4.69, 9.17) is 4.42 Å². The minimum absolute atomic E-state index is 0.195. The molecular formula is C18H17FN4O. The van der Waals surface area contributed by atoms with Crippen LogP contribution in [0.4, 0.5) is 10.3 Å².